The summed E-state index contributed by atoms with van der Waals surface area (Å²) in [5.74, 6) is -0.108. The Kier molecular flexibility index (Phi) is 4.67. The summed E-state index contributed by atoms with van der Waals surface area (Å²) in [5, 5.41) is 6.08. The zero-order valence-corrected chi connectivity index (χ0v) is 11.8. The molecule has 1 unspecified atom stereocenters. The molecule has 0 aliphatic carbocycles. The third-order valence-corrected chi connectivity index (χ3v) is 3.52. The van der Waals surface area contributed by atoms with Gasteiger partial charge in [0.2, 0.25) is 0 Å². The molecule has 0 bridgehead atoms. The quantitative estimate of drug-likeness (QED) is 0.887. The van der Waals surface area contributed by atoms with Gasteiger partial charge in [-0.05, 0) is 41.4 Å². The van der Waals surface area contributed by atoms with E-state index in [-0.39, 0.29) is 11.9 Å². The van der Waals surface area contributed by atoms with Gasteiger partial charge in [-0.2, -0.15) is 13.2 Å². The molecular formula is C12H15BrF3N3. The molecule has 106 valence electrons. The van der Waals surface area contributed by atoms with Crippen molar-refractivity contribution in [2.24, 2.45) is 0 Å². The molecule has 1 atom stereocenters. The van der Waals surface area contributed by atoms with Crippen LogP contribution >= 0.6 is 15.9 Å². The molecule has 7 heteroatoms. The fourth-order valence-corrected chi connectivity index (χ4v) is 2.45. The standard InChI is InChI=1S/C12H15BrF3N3/c13-8-5-10(12(14,15)16)11(18-6-8)19-7-9-3-1-2-4-17-9/h5-6,9,17H,1-4,7H2,(H,18,19). The van der Waals surface area contributed by atoms with Crippen LogP contribution in [0.2, 0.25) is 0 Å². The second-order valence-electron chi connectivity index (χ2n) is 4.58. The molecule has 1 fully saturated rings. The van der Waals surface area contributed by atoms with Crippen LogP contribution in [0.3, 0.4) is 0 Å². The van der Waals surface area contributed by atoms with Crippen molar-refractivity contribution < 1.29 is 13.2 Å². The lowest BCUT2D eigenvalue weighted by Gasteiger charge is -2.24. The van der Waals surface area contributed by atoms with Crippen LogP contribution in [0, 0.1) is 0 Å². The van der Waals surface area contributed by atoms with Crippen molar-refractivity contribution in [2.75, 3.05) is 18.4 Å². The average Bonchev–Trinajstić information content (AvgIpc) is 2.37. The maximum Gasteiger partial charge on any atom is 0.419 e. The molecule has 2 heterocycles. The summed E-state index contributed by atoms with van der Waals surface area (Å²) < 4.78 is 39.0. The van der Waals surface area contributed by atoms with Crippen molar-refractivity contribution in [2.45, 2.75) is 31.5 Å². The van der Waals surface area contributed by atoms with Crippen LogP contribution in [0.25, 0.3) is 0 Å². The van der Waals surface area contributed by atoms with Gasteiger partial charge in [0.25, 0.3) is 0 Å². The molecule has 1 aromatic rings. The largest absolute Gasteiger partial charge is 0.419 e. The molecule has 0 spiro atoms. The summed E-state index contributed by atoms with van der Waals surface area (Å²) >= 11 is 3.01. The molecule has 0 radical (unpaired) electrons. The van der Waals surface area contributed by atoms with Crippen LogP contribution in [0.1, 0.15) is 24.8 Å². The van der Waals surface area contributed by atoms with Crippen LogP contribution in [0.15, 0.2) is 16.7 Å². The second kappa shape index (κ2) is 6.09. The van der Waals surface area contributed by atoms with Crippen LogP contribution in [-0.2, 0) is 6.18 Å². The lowest BCUT2D eigenvalue weighted by Crippen LogP contribution is -2.39. The van der Waals surface area contributed by atoms with Gasteiger partial charge in [0.1, 0.15) is 5.82 Å². The predicted octanol–water partition coefficient (Wildman–Crippen LogP) is 3.42. The van der Waals surface area contributed by atoms with E-state index in [4.69, 9.17) is 0 Å². The maximum atomic E-state index is 12.9. The SMILES string of the molecule is FC(F)(F)c1cc(Br)cnc1NCC1CCCCN1. The van der Waals surface area contributed by atoms with Gasteiger partial charge in [-0.15, -0.1) is 0 Å². The minimum absolute atomic E-state index is 0.108. The highest BCUT2D eigenvalue weighted by atomic mass is 79.9. The van der Waals surface area contributed by atoms with Crippen molar-refractivity contribution in [1.29, 1.82) is 0 Å². The Hall–Kier alpha value is -0.820. The van der Waals surface area contributed by atoms with Gasteiger partial charge in [-0.1, -0.05) is 6.42 Å². The number of rotatable bonds is 3. The number of anilines is 1. The van der Waals surface area contributed by atoms with Gasteiger partial charge in [0, 0.05) is 23.3 Å². The number of alkyl halides is 3. The van der Waals surface area contributed by atoms with Crippen molar-refractivity contribution in [3.05, 3.63) is 22.3 Å². The molecule has 2 rings (SSSR count). The number of nitrogens with one attached hydrogen (secondary N) is 2. The average molecular weight is 338 g/mol. The fourth-order valence-electron chi connectivity index (χ4n) is 2.11. The maximum absolute atomic E-state index is 12.9. The smallest absolute Gasteiger partial charge is 0.368 e. The number of nitrogens with zero attached hydrogens (tertiary/aromatic N) is 1. The first-order chi connectivity index (χ1) is 8.97. The molecule has 3 nitrogen and oxygen atoms in total. The molecule has 1 aliphatic rings. The van der Waals surface area contributed by atoms with E-state index in [2.05, 4.69) is 31.5 Å². The molecule has 1 saturated heterocycles. The van der Waals surface area contributed by atoms with E-state index in [9.17, 15) is 13.2 Å². The number of piperidine rings is 1. The molecule has 19 heavy (non-hydrogen) atoms. The monoisotopic (exact) mass is 337 g/mol. The topological polar surface area (TPSA) is 37.0 Å². The molecule has 1 aromatic heterocycles. The minimum Gasteiger partial charge on any atom is -0.368 e. The molecule has 0 amide bonds. The van der Waals surface area contributed by atoms with Crippen LogP contribution in [0.5, 0.6) is 0 Å². The third-order valence-electron chi connectivity index (χ3n) is 3.09. The first kappa shape index (κ1) is 14.6. The van der Waals surface area contributed by atoms with Crippen molar-refractivity contribution in [3.8, 4) is 0 Å². The van der Waals surface area contributed by atoms with Gasteiger partial charge in [-0.3, -0.25) is 0 Å². The summed E-state index contributed by atoms with van der Waals surface area (Å²) in [7, 11) is 0. The van der Waals surface area contributed by atoms with Crippen molar-refractivity contribution in [3.63, 3.8) is 0 Å². The van der Waals surface area contributed by atoms with E-state index >= 15 is 0 Å². The highest BCUT2D eigenvalue weighted by molar-refractivity contribution is 9.10. The summed E-state index contributed by atoms with van der Waals surface area (Å²) in [6, 6.07) is 1.25. The Bertz CT molecular complexity index is 431. The van der Waals surface area contributed by atoms with Gasteiger partial charge in [-0.25, -0.2) is 4.98 Å². The first-order valence-electron chi connectivity index (χ1n) is 6.17. The lowest BCUT2D eigenvalue weighted by atomic mass is 10.1. The van der Waals surface area contributed by atoms with E-state index in [1.54, 1.807) is 0 Å². The van der Waals surface area contributed by atoms with E-state index in [0.29, 0.717) is 11.0 Å². The number of pyridine rings is 1. The lowest BCUT2D eigenvalue weighted by molar-refractivity contribution is -0.137. The Balaban J connectivity index is 2.06. The summed E-state index contributed by atoms with van der Waals surface area (Å²) in [5.41, 5.74) is -0.738. The van der Waals surface area contributed by atoms with Gasteiger partial charge in [0.05, 0.1) is 5.56 Å². The summed E-state index contributed by atoms with van der Waals surface area (Å²) in [6.45, 7) is 1.38. The Morgan fingerprint density at radius 2 is 2.21 bits per heavy atom. The normalized spacial score (nSPS) is 20.3. The zero-order valence-electron chi connectivity index (χ0n) is 10.2. The van der Waals surface area contributed by atoms with E-state index < -0.39 is 11.7 Å². The molecule has 2 N–H and O–H groups in total. The van der Waals surface area contributed by atoms with Gasteiger partial charge >= 0.3 is 6.18 Å². The van der Waals surface area contributed by atoms with E-state index in [0.717, 1.165) is 31.9 Å². The molecule has 0 aromatic carbocycles. The highest BCUT2D eigenvalue weighted by Crippen LogP contribution is 2.35. The molecule has 1 aliphatic heterocycles. The minimum atomic E-state index is -4.40. The van der Waals surface area contributed by atoms with Gasteiger partial charge < -0.3 is 10.6 Å². The van der Waals surface area contributed by atoms with Crippen LogP contribution in [0.4, 0.5) is 19.0 Å². The Morgan fingerprint density at radius 1 is 1.42 bits per heavy atom. The highest BCUT2D eigenvalue weighted by Gasteiger charge is 2.34. The number of halogens is 4. The third kappa shape index (κ3) is 4.07. The Morgan fingerprint density at radius 3 is 2.84 bits per heavy atom. The first-order valence-corrected chi connectivity index (χ1v) is 6.96. The molecule has 0 saturated carbocycles. The van der Waals surface area contributed by atoms with Gasteiger partial charge in [0.15, 0.2) is 0 Å². The second-order valence-corrected chi connectivity index (χ2v) is 5.49. The Labute approximate surface area is 118 Å². The molecular weight excluding hydrogens is 323 g/mol. The van der Waals surface area contributed by atoms with Crippen molar-refractivity contribution >= 4 is 21.7 Å². The number of hydrogen-bond acceptors (Lipinski definition) is 3. The van der Waals surface area contributed by atoms with Crippen LogP contribution < -0.4 is 10.6 Å². The summed E-state index contributed by atoms with van der Waals surface area (Å²) in [6.07, 6.45) is 0.177. The number of aromatic nitrogens is 1. The van der Waals surface area contributed by atoms with Crippen LogP contribution in [-0.4, -0.2) is 24.1 Å². The predicted molar refractivity (Wildman–Crippen MR) is 71.1 cm³/mol. The van der Waals surface area contributed by atoms with E-state index in [1.165, 1.54) is 6.20 Å². The summed E-state index contributed by atoms with van der Waals surface area (Å²) in [4.78, 5) is 3.82. The van der Waals surface area contributed by atoms with E-state index in [1.807, 2.05) is 0 Å². The zero-order chi connectivity index (χ0) is 13.9. The number of hydrogen-bond donors (Lipinski definition) is 2. The fraction of sp³-hybridized carbons (Fsp3) is 0.583. The van der Waals surface area contributed by atoms with Crippen molar-refractivity contribution in [1.82, 2.24) is 10.3 Å².